The molecule has 156 valence electrons. The highest BCUT2D eigenvalue weighted by atomic mass is 32.2. The lowest BCUT2D eigenvalue weighted by Gasteiger charge is -2.30. The van der Waals surface area contributed by atoms with Crippen molar-refractivity contribution in [2.75, 3.05) is 31.6 Å². The van der Waals surface area contributed by atoms with Crippen molar-refractivity contribution >= 4 is 21.6 Å². The van der Waals surface area contributed by atoms with Gasteiger partial charge in [0.2, 0.25) is 15.9 Å². The van der Waals surface area contributed by atoms with E-state index in [9.17, 15) is 13.2 Å². The second kappa shape index (κ2) is 8.97. The number of anilines is 1. The van der Waals surface area contributed by atoms with Crippen LogP contribution in [0.3, 0.4) is 0 Å². The number of fused-ring (bicyclic) bond motifs is 1. The first-order valence-electron chi connectivity index (χ1n) is 9.97. The van der Waals surface area contributed by atoms with Crippen LogP contribution in [-0.4, -0.2) is 45.4 Å². The molecule has 0 N–H and O–H groups in total. The summed E-state index contributed by atoms with van der Waals surface area (Å²) in [6.07, 6.45) is 1.85. The van der Waals surface area contributed by atoms with Crippen LogP contribution in [0.15, 0.2) is 47.4 Å². The van der Waals surface area contributed by atoms with Gasteiger partial charge in [0.1, 0.15) is 5.75 Å². The summed E-state index contributed by atoms with van der Waals surface area (Å²) in [5.41, 5.74) is 2.60. The molecule has 0 aromatic heterocycles. The maximum atomic E-state index is 13.0. The van der Waals surface area contributed by atoms with Crippen LogP contribution in [0.1, 0.15) is 31.4 Å². The van der Waals surface area contributed by atoms with Crippen molar-refractivity contribution in [3.63, 3.8) is 0 Å². The lowest BCUT2D eigenvalue weighted by atomic mass is 10.0. The molecule has 3 rings (SSSR count). The molecule has 7 heteroatoms. The Morgan fingerprint density at radius 2 is 1.90 bits per heavy atom. The Morgan fingerprint density at radius 3 is 2.59 bits per heavy atom. The average molecular weight is 417 g/mol. The van der Waals surface area contributed by atoms with Gasteiger partial charge in [-0.1, -0.05) is 26.0 Å². The smallest absolute Gasteiger partial charge is 0.243 e. The maximum Gasteiger partial charge on any atom is 0.243 e. The van der Waals surface area contributed by atoms with E-state index in [-0.39, 0.29) is 12.3 Å². The molecule has 0 radical (unpaired) electrons. The molecule has 0 unspecified atom stereocenters. The van der Waals surface area contributed by atoms with E-state index in [2.05, 4.69) is 0 Å². The maximum absolute atomic E-state index is 13.0. The van der Waals surface area contributed by atoms with Gasteiger partial charge in [-0.2, -0.15) is 4.31 Å². The van der Waals surface area contributed by atoms with Crippen molar-refractivity contribution in [3.8, 4) is 5.75 Å². The Labute approximate surface area is 173 Å². The number of methoxy groups -OCH3 is 1. The van der Waals surface area contributed by atoms with Crippen LogP contribution in [0, 0.1) is 0 Å². The number of aryl methyl sites for hydroxylation is 1. The molecule has 0 bridgehead atoms. The first-order chi connectivity index (χ1) is 13.9. The third kappa shape index (κ3) is 4.46. The van der Waals surface area contributed by atoms with E-state index in [1.807, 2.05) is 38.1 Å². The zero-order valence-electron chi connectivity index (χ0n) is 17.2. The van der Waals surface area contributed by atoms with Gasteiger partial charge in [-0.05, 0) is 54.3 Å². The highest BCUT2D eigenvalue weighted by Gasteiger charge is 2.27. The quantitative estimate of drug-likeness (QED) is 0.695. The molecule has 1 aliphatic rings. The number of sulfonamides is 1. The molecule has 0 atom stereocenters. The number of benzene rings is 2. The topological polar surface area (TPSA) is 66.9 Å². The van der Waals surface area contributed by atoms with Crippen LogP contribution in [0.4, 0.5) is 5.69 Å². The zero-order chi connectivity index (χ0) is 21.0. The molecule has 0 saturated carbocycles. The second-order valence-electron chi connectivity index (χ2n) is 7.06. The summed E-state index contributed by atoms with van der Waals surface area (Å²) in [5.74, 6) is 0.721. The van der Waals surface area contributed by atoms with Gasteiger partial charge < -0.3 is 9.64 Å². The van der Waals surface area contributed by atoms with E-state index < -0.39 is 10.0 Å². The van der Waals surface area contributed by atoms with Crippen LogP contribution in [0.5, 0.6) is 5.75 Å². The summed E-state index contributed by atoms with van der Waals surface area (Å²) in [6.45, 7) is 5.16. The molecule has 0 fully saturated rings. The lowest BCUT2D eigenvalue weighted by molar-refractivity contribution is -0.118. The minimum atomic E-state index is -3.51. The molecule has 1 aliphatic heterocycles. The van der Waals surface area contributed by atoms with Crippen molar-refractivity contribution in [3.05, 3.63) is 53.6 Å². The van der Waals surface area contributed by atoms with Crippen LogP contribution < -0.4 is 9.64 Å². The summed E-state index contributed by atoms with van der Waals surface area (Å²) < 4.78 is 32.3. The Balaban J connectivity index is 1.86. The van der Waals surface area contributed by atoms with Gasteiger partial charge in [0.15, 0.2) is 0 Å². The van der Waals surface area contributed by atoms with Gasteiger partial charge in [0, 0.05) is 25.3 Å². The molecule has 29 heavy (non-hydrogen) atoms. The Morgan fingerprint density at radius 1 is 1.14 bits per heavy atom. The first kappa shape index (κ1) is 21.3. The molecule has 1 heterocycles. The third-order valence-electron chi connectivity index (χ3n) is 5.30. The van der Waals surface area contributed by atoms with Gasteiger partial charge >= 0.3 is 0 Å². The first-order valence-corrected chi connectivity index (χ1v) is 11.4. The van der Waals surface area contributed by atoms with E-state index in [0.717, 1.165) is 35.4 Å². The average Bonchev–Trinajstić information content (AvgIpc) is 2.73. The fourth-order valence-corrected chi connectivity index (χ4v) is 5.27. The highest BCUT2D eigenvalue weighted by molar-refractivity contribution is 7.89. The standard InChI is InChI=1S/C22H28N2O4S/c1-4-23(5-2)29(26,27)20-11-12-21-18(16-20)9-7-13-24(21)22(25)15-17-8-6-10-19(14-17)28-3/h6,8,10-12,14,16H,4-5,7,9,13,15H2,1-3H3. The van der Waals surface area contributed by atoms with Crippen LogP contribution in [0.25, 0.3) is 0 Å². The number of ether oxygens (including phenoxy) is 1. The van der Waals surface area contributed by atoms with E-state index >= 15 is 0 Å². The van der Waals surface area contributed by atoms with Crippen molar-refractivity contribution < 1.29 is 17.9 Å². The SMILES string of the molecule is CCN(CC)S(=O)(=O)c1ccc2c(c1)CCCN2C(=O)Cc1cccc(OC)c1. The predicted molar refractivity (Wildman–Crippen MR) is 114 cm³/mol. The second-order valence-corrected chi connectivity index (χ2v) is 9.00. The summed E-state index contributed by atoms with van der Waals surface area (Å²) in [6, 6.07) is 12.6. The van der Waals surface area contributed by atoms with Crippen LogP contribution in [-0.2, 0) is 27.7 Å². The molecule has 0 aliphatic carbocycles. The monoisotopic (exact) mass is 416 g/mol. The van der Waals surface area contributed by atoms with Gasteiger partial charge in [-0.25, -0.2) is 8.42 Å². The highest BCUT2D eigenvalue weighted by Crippen LogP contribution is 2.31. The van der Waals surface area contributed by atoms with Gasteiger partial charge in [-0.3, -0.25) is 4.79 Å². The van der Waals surface area contributed by atoms with Gasteiger partial charge in [0.25, 0.3) is 0 Å². The van der Waals surface area contributed by atoms with Crippen molar-refractivity contribution in [1.29, 1.82) is 0 Å². The normalized spacial score (nSPS) is 14.0. The largest absolute Gasteiger partial charge is 0.497 e. The Bertz CT molecular complexity index is 984. The zero-order valence-corrected chi connectivity index (χ0v) is 18.0. The van der Waals surface area contributed by atoms with Gasteiger partial charge in [-0.15, -0.1) is 0 Å². The van der Waals surface area contributed by atoms with Crippen molar-refractivity contribution in [2.24, 2.45) is 0 Å². The molecule has 0 spiro atoms. The van der Waals surface area contributed by atoms with Crippen molar-refractivity contribution in [1.82, 2.24) is 4.31 Å². The molecule has 2 aromatic rings. The van der Waals surface area contributed by atoms with Crippen LogP contribution in [0.2, 0.25) is 0 Å². The van der Waals surface area contributed by atoms with E-state index in [1.165, 1.54) is 4.31 Å². The molecular formula is C22H28N2O4S. The number of nitrogens with zero attached hydrogens (tertiary/aromatic N) is 2. The van der Waals surface area contributed by atoms with E-state index in [4.69, 9.17) is 4.74 Å². The summed E-state index contributed by atoms with van der Waals surface area (Å²) in [7, 11) is -1.91. The summed E-state index contributed by atoms with van der Waals surface area (Å²) >= 11 is 0. The Hall–Kier alpha value is -2.38. The lowest BCUT2D eigenvalue weighted by Crippen LogP contribution is -2.37. The predicted octanol–water partition coefficient (Wildman–Crippen LogP) is 3.25. The molecule has 6 nitrogen and oxygen atoms in total. The third-order valence-corrected chi connectivity index (χ3v) is 7.35. The number of carbonyl (C=O) groups is 1. The fraction of sp³-hybridized carbons (Fsp3) is 0.409. The number of carbonyl (C=O) groups excluding carboxylic acids is 1. The fourth-order valence-electron chi connectivity index (χ4n) is 3.76. The molecule has 1 amide bonds. The number of amides is 1. The van der Waals surface area contributed by atoms with Crippen LogP contribution >= 0.6 is 0 Å². The number of hydrogen-bond donors (Lipinski definition) is 0. The molecule has 2 aromatic carbocycles. The van der Waals surface area contributed by atoms with E-state index in [1.54, 1.807) is 30.2 Å². The molecular weight excluding hydrogens is 388 g/mol. The summed E-state index contributed by atoms with van der Waals surface area (Å²) in [5, 5.41) is 0. The number of rotatable bonds is 7. The molecule has 0 saturated heterocycles. The van der Waals surface area contributed by atoms with Gasteiger partial charge in [0.05, 0.1) is 18.4 Å². The number of hydrogen-bond acceptors (Lipinski definition) is 4. The summed E-state index contributed by atoms with van der Waals surface area (Å²) in [4.78, 5) is 15.0. The van der Waals surface area contributed by atoms with Crippen molar-refractivity contribution in [2.45, 2.75) is 38.0 Å². The van der Waals surface area contributed by atoms with E-state index in [0.29, 0.717) is 24.5 Å². The minimum absolute atomic E-state index is 0.00134. The minimum Gasteiger partial charge on any atom is -0.497 e. The Kier molecular flexibility index (Phi) is 6.59.